The van der Waals surface area contributed by atoms with Gasteiger partial charge in [-0.05, 0) is 43.8 Å². The quantitative estimate of drug-likeness (QED) is 0.457. The Morgan fingerprint density at radius 1 is 1.10 bits per heavy atom. The number of benzene rings is 1. The fourth-order valence-corrected chi connectivity index (χ4v) is 3.89. The summed E-state index contributed by atoms with van der Waals surface area (Å²) in [6.45, 7) is 4.68. The predicted molar refractivity (Wildman–Crippen MR) is 117 cm³/mol. The van der Waals surface area contributed by atoms with Crippen molar-refractivity contribution in [2.45, 2.75) is 26.4 Å². The Morgan fingerprint density at radius 2 is 1.90 bits per heavy atom. The van der Waals surface area contributed by atoms with Gasteiger partial charge in [0, 0.05) is 24.1 Å². The Kier molecular flexibility index (Phi) is 7.12. The second-order valence-corrected chi connectivity index (χ2v) is 7.90. The Morgan fingerprint density at radius 3 is 2.53 bits per heavy atom. The molecule has 0 bridgehead atoms. The minimum Gasteiger partial charge on any atom is -0.497 e. The number of hydrogen-bond donors (Lipinski definition) is 1. The summed E-state index contributed by atoms with van der Waals surface area (Å²) in [4.78, 5) is 28.3. The summed E-state index contributed by atoms with van der Waals surface area (Å²) >= 11 is 1.42. The number of anilines is 1. The third-order valence-corrected chi connectivity index (χ3v) is 5.47. The molecule has 2 heterocycles. The van der Waals surface area contributed by atoms with Crippen LogP contribution in [0.2, 0.25) is 0 Å². The maximum absolute atomic E-state index is 13.2. The molecule has 8 heteroatoms. The average Bonchev–Trinajstić information content (AvgIpc) is 3.33. The van der Waals surface area contributed by atoms with Gasteiger partial charge in [-0.2, -0.15) is 0 Å². The molecule has 1 aromatic carbocycles. The first kappa shape index (κ1) is 21.9. The largest absolute Gasteiger partial charge is 0.497 e. The van der Waals surface area contributed by atoms with E-state index in [1.54, 1.807) is 25.3 Å². The predicted octanol–water partition coefficient (Wildman–Crippen LogP) is 3.77. The van der Waals surface area contributed by atoms with Crippen molar-refractivity contribution in [1.29, 1.82) is 0 Å². The molecule has 0 saturated carbocycles. The van der Waals surface area contributed by atoms with Crippen LogP contribution in [0.25, 0.3) is 5.57 Å². The molecule has 0 aliphatic carbocycles. The van der Waals surface area contributed by atoms with Gasteiger partial charge in [0.2, 0.25) is 0 Å². The molecule has 1 N–H and O–H groups in total. The molecule has 160 valence electrons. The van der Waals surface area contributed by atoms with Crippen LogP contribution in [0, 0.1) is 0 Å². The molecule has 0 saturated heterocycles. The number of rotatable bonds is 10. The number of nitrogens with zero attached hydrogens (tertiary/aromatic N) is 1. The smallest absolute Gasteiger partial charge is 0.278 e. The second-order valence-electron chi connectivity index (χ2n) is 6.95. The number of methoxy groups -OCH3 is 2. The summed E-state index contributed by atoms with van der Waals surface area (Å²) in [5.74, 6) is 0.481. The van der Waals surface area contributed by atoms with Crippen LogP contribution < -0.4 is 14.8 Å². The van der Waals surface area contributed by atoms with E-state index < -0.39 is 0 Å². The lowest BCUT2D eigenvalue weighted by Gasteiger charge is -2.16. The van der Waals surface area contributed by atoms with Gasteiger partial charge in [-0.25, -0.2) is 0 Å². The summed E-state index contributed by atoms with van der Waals surface area (Å²) in [5.41, 5.74) is 1.20. The molecule has 2 aromatic rings. The molecule has 0 atom stereocenters. The van der Waals surface area contributed by atoms with E-state index in [9.17, 15) is 9.59 Å². The third-order valence-electron chi connectivity index (χ3n) is 4.58. The number of hydrogen-bond acceptors (Lipinski definition) is 7. The summed E-state index contributed by atoms with van der Waals surface area (Å²) in [5, 5.41) is 5.01. The van der Waals surface area contributed by atoms with E-state index in [-0.39, 0.29) is 23.6 Å². The van der Waals surface area contributed by atoms with Gasteiger partial charge in [-0.3, -0.25) is 14.5 Å². The van der Waals surface area contributed by atoms with Crippen LogP contribution in [-0.2, 0) is 14.3 Å². The summed E-state index contributed by atoms with van der Waals surface area (Å²) in [7, 11) is 3.11. The van der Waals surface area contributed by atoms with E-state index in [0.717, 1.165) is 4.88 Å². The van der Waals surface area contributed by atoms with Crippen molar-refractivity contribution < 1.29 is 23.8 Å². The van der Waals surface area contributed by atoms with E-state index in [1.165, 1.54) is 23.3 Å². The lowest BCUT2D eigenvalue weighted by molar-refractivity contribution is -0.137. The highest BCUT2D eigenvalue weighted by atomic mass is 32.1. The number of nitrogens with one attached hydrogen (secondary N) is 1. The number of carbonyl (C=O) groups excluding carboxylic acids is 2. The van der Waals surface area contributed by atoms with E-state index in [2.05, 4.69) is 5.32 Å². The minimum atomic E-state index is -0.356. The van der Waals surface area contributed by atoms with Crippen LogP contribution in [0.5, 0.6) is 11.5 Å². The summed E-state index contributed by atoms with van der Waals surface area (Å²) in [6, 6.07) is 8.93. The Labute approximate surface area is 180 Å². The van der Waals surface area contributed by atoms with Crippen molar-refractivity contribution >= 4 is 34.4 Å². The molecule has 2 amide bonds. The number of thiophene rings is 1. The average molecular weight is 431 g/mol. The standard InChI is InChI=1S/C22H26N2O5S/c1-14(2)29-11-6-10-24-21(25)19(18-7-5-12-30-18)20(22(24)26)23-16-9-8-15(27-3)13-17(16)28-4/h5,7-9,12-14,23H,6,10-11H2,1-4H3. The first-order valence-corrected chi connectivity index (χ1v) is 10.6. The lowest BCUT2D eigenvalue weighted by atomic mass is 10.1. The number of imide groups is 1. The fraction of sp³-hybridized carbons (Fsp3) is 0.364. The highest BCUT2D eigenvalue weighted by molar-refractivity contribution is 7.11. The van der Waals surface area contributed by atoms with Crippen molar-refractivity contribution in [3.8, 4) is 11.5 Å². The SMILES string of the molecule is COc1ccc(NC2=C(c3cccs3)C(=O)N(CCCOC(C)C)C2=O)c(OC)c1. The zero-order valence-electron chi connectivity index (χ0n) is 17.6. The maximum Gasteiger partial charge on any atom is 0.278 e. The number of amides is 2. The molecule has 1 aliphatic rings. The highest BCUT2D eigenvalue weighted by Gasteiger charge is 2.39. The van der Waals surface area contributed by atoms with Crippen molar-refractivity contribution in [2.75, 3.05) is 32.7 Å². The molecule has 0 radical (unpaired) electrons. The molecule has 1 aliphatic heterocycles. The van der Waals surface area contributed by atoms with Gasteiger partial charge in [0.05, 0.1) is 31.6 Å². The lowest BCUT2D eigenvalue weighted by Crippen LogP contribution is -2.34. The van der Waals surface area contributed by atoms with Gasteiger partial charge in [-0.15, -0.1) is 11.3 Å². The van der Waals surface area contributed by atoms with Crippen LogP contribution in [0.3, 0.4) is 0 Å². The van der Waals surface area contributed by atoms with Crippen LogP contribution in [0.4, 0.5) is 5.69 Å². The van der Waals surface area contributed by atoms with Crippen molar-refractivity contribution in [3.05, 3.63) is 46.3 Å². The number of ether oxygens (including phenoxy) is 3. The molecule has 7 nitrogen and oxygen atoms in total. The summed E-state index contributed by atoms with van der Waals surface area (Å²) < 4.78 is 16.2. The first-order valence-electron chi connectivity index (χ1n) is 9.71. The van der Waals surface area contributed by atoms with Gasteiger partial charge in [0.25, 0.3) is 11.8 Å². The van der Waals surface area contributed by atoms with Crippen LogP contribution in [0.1, 0.15) is 25.1 Å². The van der Waals surface area contributed by atoms with E-state index in [4.69, 9.17) is 14.2 Å². The summed E-state index contributed by atoms with van der Waals surface area (Å²) in [6.07, 6.45) is 0.682. The Hall–Kier alpha value is -2.84. The molecular formula is C22H26N2O5S. The Bertz CT molecular complexity index is 937. The monoisotopic (exact) mass is 430 g/mol. The topological polar surface area (TPSA) is 77.1 Å². The molecule has 0 fully saturated rings. The molecular weight excluding hydrogens is 404 g/mol. The maximum atomic E-state index is 13.2. The van der Waals surface area contributed by atoms with Gasteiger partial charge in [0.1, 0.15) is 17.2 Å². The van der Waals surface area contributed by atoms with Crippen molar-refractivity contribution in [2.24, 2.45) is 0 Å². The molecule has 0 unspecified atom stereocenters. The zero-order valence-corrected chi connectivity index (χ0v) is 18.4. The normalized spacial score (nSPS) is 14.1. The molecule has 0 spiro atoms. The van der Waals surface area contributed by atoms with Gasteiger partial charge in [-0.1, -0.05) is 6.07 Å². The van der Waals surface area contributed by atoms with Gasteiger partial charge >= 0.3 is 0 Å². The molecule has 3 rings (SSSR count). The van der Waals surface area contributed by atoms with Crippen LogP contribution in [-0.4, -0.2) is 50.2 Å². The second kappa shape index (κ2) is 9.77. The van der Waals surface area contributed by atoms with E-state index >= 15 is 0 Å². The van der Waals surface area contributed by atoms with Crippen LogP contribution in [0.15, 0.2) is 41.4 Å². The zero-order chi connectivity index (χ0) is 21.7. The van der Waals surface area contributed by atoms with E-state index in [0.29, 0.717) is 42.3 Å². The van der Waals surface area contributed by atoms with E-state index in [1.807, 2.05) is 31.4 Å². The molecule has 30 heavy (non-hydrogen) atoms. The fourth-order valence-electron chi connectivity index (χ4n) is 3.12. The molecule has 1 aromatic heterocycles. The first-order chi connectivity index (χ1) is 14.5. The van der Waals surface area contributed by atoms with Gasteiger partial charge < -0.3 is 19.5 Å². The van der Waals surface area contributed by atoms with Crippen LogP contribution >= 0.6 is 11.3 Å². The van der Waals surface area contributed by atoms with Crippen molar-refractivity contribution in [3.63, 3.8) is 0 Å². The number of carbonyl (C=O) groups is 2. The van der Waals surface area contributed by atoms with Gasteiger partial charge in [0.15, 0.2) is 0 Å². The van der Waals surface area contributed by atoms with Crippen molar-refractivity contribution in [1.82, 2.24) is 4.90 Å². The highest BCUT2D eigenvalue weighted by Crippen LogP contribution is 2.36. The minimum absolute atomic E-state index is 0.106. The third kappa shape index (κ3) is 4.66. The Balaban J connectivity index is 1.89.